The Hall–Kier alpha value is -2.17. The van der Waals surface area contributed by atoms with Gasteiger partial charge in [0.1, 0.15) is 0 Å². The van der Waals surface area contributed by atoms with E-state index in [0.717, 1.165) is 23.1 Å². The highest BCUT2D eigenvalue weighted by molar-refractivity contribution is 5.58. The lowest BCUT2D eigenvalue weighted by Crippen LogP contribution is -2.05. The number of aryl methyl sites for hydroxylation is 2. The average Bonchev–Trinajstić information content (AvgIpc) is 2.34. The zero-order chi connectivity index (χ0) is 13.8. The number of aromatic nitrogens is 3. The SMILES string of the molecule is CCCOc1nc(N)nc(-c2cc(C)cc(C)c2)n1. The van der Waals surface area contributed by atoms with Gasteiger partial charge in [-0.1, -0.05) is 24.1 Å². The van der Waals surface area contributed by atoms with Crippen molar-refractivity contribution in [3.8, 4) is 17.4 Å². The smallest absolute Gasteiger partial charge is 0.321 e. The van der Waals surface area contributed by atoms with E-state index in [-0.39, 0.29) is 12.0 Å². The fourth-order valence-corrected chi connectivity index (χ4v) is 1.86. The standard InChI is InChI=1S/C14H18N4O/c1-4-5-19-14-17-12(16-13(15)18-14)11-7-9(2)6-10(3)8-11/h6-8H,4-5H2,1-3H3,(H2,15,16,17,18). The van der Waals surface area contributed by atoms with Crippen LogP contribution in [0.1, 0.15) is 24.5 Å². The molecule has 1 aromatic carbocycles. The third-order valence-corrected chi connectivity index (χ3v) is 2.55. The molecule has 5 nitrogen and oxygen atoms in total. The van der Waals surface area contributed by atoms with E-state index in [4.69, 9.17) is 10.5 Å². The zero-order valence-electron chi connectivity index (χ0n) is 11.5. The monoisotopic (exact) mass is 258 g/mol. The molecule has 5 heteroatoms. The van der Waals surface area contributed by atoms with Crippen LogP contribution in [0.4, 0.5) is 5.95 Å². The molecule has 0 aliphatic heterocycles. The number of hydrogen-bond acceptors (Lipinski definition) is 5. The summed E-state index contributed by atoms with van der Waals surface area (Å²) in [6.07, 6.45) is 0.893. The number of nitrogens with zero attached hydrogens (tertiary/aromatic N) is 3. The van der Waals surface area contributed by atoms with Crippen molar-refractivity contribution in [3.05, 3.63) is 29.3 Å². The molecule has 0 saturated heterocycles. The molecule has 0 aliphatic carbocycles. The van der Waals surface area contributed by atoms with Crippen molar-refractivity contribution in [2.75, 3.05) is 12.3 Å². The Morgan fingerprint density at radius 1 is 1.05 bits per heavy atom. The quantitative estimate of drug-likeness (QED) is 0.912. The van der Waals surface area contributed by atoms with Crippen molar-refractivity contribution >= 4 is 5.95 Å². The van der Waals surface area contributed by atoms with E-state index in [1.807, 2.05) is 32.9 Å². The molecule has 0 radical (unpaired) electrons. The summed E-state index contributed by atoms with van der Waals surface area (Å²) in [6.45, 7) is 6.66. The fourth-order valence-electron chi connectivity index (χ4n) is 1.86. The Morgan fingerprint density at radius 2 is 1.74 bits per heavy atom. The van der Waals surface area contributed by atoms with Gasteiger partial charge in [0.05, 0.1) is 6.61 Å². The maximum Gasteiger partial charge on any atom is 0.321 e. The largest absolute Gasteiger partial charge is 0.463 e. The van der Waals surface area contributed by atoms with Crippen molar-refractivity contribution in [1.29, 1.82) is 0 Å². The number of nitrogens with two attached hydrogens (primary N) is 1. The molecule has 2 N–H and O–H groups in total. The number of hydrogen-bond donors (Lipinski definition) is 1. The number of ether oxygens (including phenoxy) is 1. The van der Waals surface area contributed by atoms with Gasteiger partial charge in [0, 0.05) is 5.56 Å². The number of rotatable bonds is 4. The molecule has 19 heavy (non-hydrogen) atoms. The Balaban J connectivity index is 2.40. The maximum atomic E-state index is 5.70. The molecule has 0 spiro atoms. The van der Waals surface area contributed by atoms with E-state index in [0.29, 0.717) is 12.4 Å². The predicted octanol–water partition coefficient (Wildman–Crippen LogP) is 2.53. The molecule has 0 saturated carbocycles. The number of nitrogen functional groups attached to an aromatic ring is 1. The molecule has 0 aliphatic rings. The van der Waals surface area contributed by atoms with Gasteiger partial charge in [-0.05, 0) is 32.4 Å². The Labute approximate surface area is 112 Å². The normalized spacial score (nSPS) is 10.5. The van der Waals surface area contributed by atoms with E-state index in [1.165, 1.54) is 0 Å². The van der Waals surface area contributed by atoms with E-state index < -0.39 is 0 Å². The second kappa shape index (κ2) is 5.65. The average molecular weight is 258 g/mol. The van der Waals surface area contributed by atoms with Crippen LogP contribution in [-0.2, 0) is 0 Å². The topological polar surface area (TPSA) is 73.9 Å². The molecule has 1 aromatic heterocycles. The molecule has 2 rings (SSSR count). The van der Waals surface area contributed by atoms with Crippen LogP contribution in [0, 0.1) is 13.8 Å². The summed E-state index contributed by atoms with van der Waals surface area (Å²) in [5.74, 6) is 0.723. The van der Waals surface area contributed by atoms with Gasteiger partial charge in [-0.2, -0.15) is 15.0 Å². The molecule has 0 amide bonds. The Kier molecular flexibility index (Phi) is 3.94. The van der Waals surface area contributed by atoms with Gasteiger partial charge in [-0.3, -0.25) is 0 Å². The molecular weight excluding hydrogens is 240 g/mol. The van der Waals surface area contributed by atoms with Gasteiger partial charge in [-0.15, -0.1) is 0 Å². The second-order valence-corrected chi connectivity index (χ2v) is 4.52. The van der Waals surface area contributed by atoms with E-state index in [9.17, 15) is 0 Å². The minimum absolute atomic E-state index is 0.176. The molecule has 1 heterocycles. The molecule has 0 fully saturated rings. The summed E-state index contributed by atoms with van der Waals surface area (Å²) in [5.41, 5.74) is 8.94. The van der Waals surface area contributed by atoms with Gasteiger partial charge in [-0.25, -0.2) is 0 Å². The van der Waals surface area contributed by atoms with E-state index in [1.54, 1.807) is 0 Å². The van der Waals surface area contributed by atoms with Crippen LogP contribution < -0.4 is 10.5 Å². The Morgan fingerprint density at radius 3 is 2.37 bits per heavy atom. The first-order valence-corrected chi connectivity index (χ1v) is 6.31. The van der Waals surface area contributed by atoms with Crippen LogP contribution in [0.3, 0.4) is 0 Å². The summed E-state index contributed by atoms with van der Waals surface area (Å²) >= 11 is 0. The van der Waals surface area contributed by atoms with Gasteiger partial charge in [0.25, 0.3) is 0 Å². The fraction of sp³-hybridized carbons (Fsp3) is 0.357. The summed E-state index contributed by atoms with van der Waals surface area (Å²) < 4.78 is 5.42. The highest BCUT2D eigenvalue weighted by atomic mass is 16.5. The summed E-state index contributed by atoms with van der Waals surface area (Å²) in [6, 6.07) is 6.42. The zero-order valence-corrected chi connectivity index (χ0v) is 11.5. The minimum atomic E-state index is 0.176. The molecule has 2 aromatic rings. The Bertz CT molecular complexity index is 563. The van der Waals surface area contributed by atoms with E-state index in [2.05, 4.69) is 21.0 Å². The van der Waals surface area contributed by atoms with Gasteiger partial charge >= 0.3 is 6.01 Å². The van der Waals surface area contributed by atoms with Gasteiger partial charge in [0.15, 0.2) is 5.82 Å². The summed E-state index contributed by atoms with van der Waals surface area (Å²) in [7, 11) is 0. The molecule has 0 unspecified atom stereocenters. The van der Waals surface area contributed by atoms with Crippen molar-refractivity contribution in [3.63, 3.8) is 0 Å². The molecule has 100 valence electrons. The first-order valence-electron chi connectivity index (χ1n) is 6.31. The highest BCUT2D eigenvalue weighted by Gasteiger charge is 2.08. The molecular formula is C14H18N4O. The van der Waals surface area contributed by atoms with Crippen LogP contribution in [0.25, 0.3) is 11.4 Å². The third-order valence-electron chi connectivity index (χ3n) is 2.55. The summed E-state index contributed by atoms with van der Waals surface area (Å²) in [5, 5.41) is 0. The van der Waals surface area contributed by atoms with Crippen molar-refractivity contribution < 1.29 is 4.74 Å². The van der Waals surface area contributed by atoms with Crippen LogP contribution in [0.5, 0.6) is 6.01 Å². The van der Waals surface area contributed by atoms with Crippen molar-refractivity contribution in [2.45, 2.75) is 27.2 Å². The van der Waals surface area contributed by atoms with Crippen molar-refractivity contribution in [2.24, 2.45) is 0 Å². The van der Waals surface area contributed by atoms with Crippen molar-refractivity contribution in [1.82, 2.24) is 15.0 Å². The molecule has 0 atom stereocenters. The van der Waals surface area contributed by atoms with Gasteiger partial charge < -0.3 is 10.5 Å². The second-order valence-electron chi connectivity index (χ2n) is 4.52. The van der Waals surface area contributed by atoms with Crippen LogP contribution in [-0.4, -0.2) is 21.6 Å². The maximum absolute atomic E-state index is 5.70. The first kappa shape index (κ1) is 13.3. The molecule has 0 bridgehead atoms. The first-order chi connectivity index (χ1) is 9.08. The third kappa shape index (κ3) is 3.40. The number of benzene rings is 1. The van der Waals surface area contributed by atoms with Crippen LogP contribution >= 0.6 is 0 Å². The highest BCUT2D eigenvalue weighted by Crippen LogP contribution is 2.20. The van der Waals surface area contributed by atoms with Crippen LogP contribution in [0.2, 0.25) is 0 Å². The lowest BCUT2D eigenvalue weighted by Gasteiger charge is -2.07. The van der Waals surface area contributed by atoms with Crippen LogP contribution in [0.15, 0.2) is 18.2 Å². The number of anilines is 1. The lowest BCUT2D eigenvalue weighted by molar-refractivity contribution is 0.292. The van der Waals surface area contributed by atoms with Gasteiger partial charge in [0.2, 0.25) is 5.95 Å². The van der Waals surface area contributed by atoms with E-state index >= 15 is 0 Å². The lowest BCUT2D eigenvalue weighted by atomic mass is 10.1. The predicted molar refractivity (Wildman–Crippen MR) is 74.9 cm³/mol. The minimum Gasteiger partial charge on any atom is -0.463 e. The summed E-state index contributed by atoms with van der Waals surface area (Å²) in [4.78, 5) is 12.4.